The van der Waals surface area contributed by atoms with Crippen molar-refractivity contribution in [2.75, 3.05) is 13.7 Å². The highest BCUT2D eigenvalue weighted by molar-refractivity contribution is 5.87. The summed E-state index contributed by atoms with van der Waals surface area (Å²) in [5.41, 5.74) is 1.14. The van der Waals surface area contributed by atoms with Gasteiger partial charge in [0.05, 0.1) is 7.11 Å². The average molecular weight is 247 g/mol. The fourth-order valence-electron chi connectivity index (χ4n) is 2.25. The number of hydrogen-bond acceptors (Lipinski definition) is 4. The van der Waals surface area contributed by atoms with Gasteiger partial charge in [-0.3, -0.25) is 14.5 Å². The molecule has 4 nitrogen and oxygen atoms in total. The van der Waals surface area contributed by atoms with Crippen LogP contribution in [0.3, 0.4) is 0 Å². The molecule has 1 aliphatic rings. The fourth-order valence-corrected chi connectivity index (χ4v) is 2.25. The third-order valence-corrected chi connectivity index (χ3v) is 3.24. The van der Waals surface area contributed by atoms with Crippen LogP contribution in [-0.2, 0) is 20.9 Å². The van der Waals surface area contributed by atoms with Crippen molar-refractivity contribution in [3.63, 3.8) is 0 Å². The van der Waals surface area contributed by atoms with E-state index in [2.05, 4.69) is 0 Å². The number of carbonyl (C=O) groups is 2. The van der Waals surface area contributed by atoms with E-state index in [9.17, 15) is 9.59 Å². The molecule has 0 aliphatic carbocycles. The molecule has 1 fully saturated rings. The van der Waals surface area contributed by atoms with Gasteiger partial charge in [0, 0.05) is 25.9 Å². The van der Waals surface area contributed by atoms with Gasteiger partial charge in [-0.05, 0) is 5.56 Å². The van der Waals surface area contributed by atoms with Crippen LogP contribution in [-0.4, -0.2) is 36.3 Å². The lowest BCUT2D eigenvalue weighted by molar-refractivity contribution is -0.151. The molecule has 1 aliphatic heterocycles. The van der Waals surface area contributed by atoms with Gasteiger partial charge < -0.3 is 4.74 Å². The maximum Gasteiger partial charge on any atom is 0.323 e. The lowest BCUT2D eigenvalue weighted by Crippen LogP contribution is -2.47. The summed E-state index contributed by atoms with van der Waals surface area (Å²) in [7, 11) is 1.36. The molecule has 0 radical (unpaired) electrons. The summed E-state index contributed by atoms with van der Waals surface area (Å²) >= 11 is 0. The Kier molecular flexibility index (Phi) is 4.10. The first-order valence-electron chi connectivity index (χ1n) is 6.08. The normalized spacial score (nSPS) is 20.7. The maximum absolute atomic E-state index is 11.7. The Bertz CT molecular complexity index is 430. The van der Waals surface area contributed by atoms with E-state index in [4.69, 9.17) is 4.74 Å². The van der Waals surface area contributed by atoms with Crippen LogP contribution in [0.25, 0.3) is 0 Å². The Morgan fingerprint density at radius 1 is 1.39 bits per heavy atom. The molecular formula is C14H17NO3. The third kappa shape index (κ3) is 2.96. The van der Waals surface area contributed by atoms with Crippen molar-refractivity contribution in [2.45, 2.75) is 25.4 Å². The number of piperidine rings is 1. The average Bonchev–Trinajstić information content (AvgIpc) is 2.41. The SMILES string of the molecule is COC(=O)[C@H]1CC(=O)CCN1Cc1ccccc1. The van der Waals surface area contributed by atoms with Crippen molar-refractivity contribution < 1.29 is 14.3 Å². The van der Waals surface area contributed by atoms with Gasteiger partial charge in [-0.1, -0.05) is 30.3 Å². The van der Waals surface area contributed by atoms with Crippen molar-refractivity contribution in [2.24, 2.45) is 0 Å². The van der Waals surface area contributed by atoms with Gasteiger partial charge in [0.15, 0.2) is 0 Å². The molecule has 0 saturated carbocycles. The quantitative estimate of drug-likeness (QED) is 0.757. The van der Waals surface area contributed by atoms with E-state index in [1.807, 2.05) is 35.2 Å². The molecular weight excluding hydrogens is 230 g/mol. The van der Waals surface area contributed by atoms with Crippen LogP contribution in [0.5, 0.6) is 0 Å². The van der Waals surface area contributed by atoms with E-state index in [1.54, 1.807) is 0 Å². The number of rotatable bonds is 3. The second-order valence-corrected chi connectivity index (χ2v) is 4.49. The van der Waals surface area contributed by atoms with E-state index >= 15 is 0 Å². The second kappa shape index (κ2) is 5.78. The summed E-state index contributed by atoms with van der Waals surface area (Å²) in [5, 5.41) is 0. The lowest BCUT2D eigenvalue weighted by Gasteiger charge is -2.32. The first-order chi connectivity index (χ1) is 8.70. The van der Waals surface area contributed by atoms with E-state index in [0.29, 0.717) is 19.5 Å². The van der Waals surface area contributed by atoms with Gasteiger partial charge in [0.2, 0.25) is 0 Å². The second-order valence-electron chi connectivity index (χ2n) is 4.49. The van der Waals surface area contributed by atoms with Gasteiger partial charge in [0.25, 0.3) is 0 Å². The van der Waals surface area contributed by atoms with Crippen LogP contribution < -0.4 is 0 Å². The molecule has 0 aromatic heterocycles. The number of carbonyl (C=O) groups excluding carboxylic acids is 2. The zero-order valence-corrected chi connectivity index (χ0v) is 10.5. The van der Waals surface area contributed by atoms with E-state index in [1.165, 1.54) is 7.11 Å². The predicted octanol–water partition coefficient (Wildman–Crippen LogP) is 1.39. The molecule has 96 valence electrons. The Balaban J connectivity index is 2.09. The smallest absolute Gasteiger partial charge is 0.323 e. The number of hydrogen-bond donors (Lipinski definition) is 0. The highest BCUT2D eigenvalue weighted by atomic mass is 16.5. The third-order valence-electron chi connectivity index (χ3n) is 3.24. The molecule has 0 N–H and O–H groups in total. The molecule has 1 aromatic carbocycles. The first-order valence-corrected chi connectivity index (χ1v) is 6.08. The van der Waals surface area contributed by atoms with Crippen LogP contribution >= 0.6 is 0 Å². The number of likely N-dealkylation sites (tertiary alicyclic amines) is 1. The number of Topliss-reactive ketones (excluding diaryl/α,β-unsaturated/α-hetero) is 1. The van der Waals surface area contributed by atoms with Crippen molar-refractivity contribution in [1.29, 1.82) is 0 Å². The minimum absolute atomic E-state index is 0.134. The predicted molar refractivity (Wildman–Crippen MR) is 66.9 cm³/mol. The molecule has 1 saturated heterocycles. The number of ether oxygens (including phenoxy) is 1. The summed E-state index contributed by atoms with van der Waals surface area (Å²) in [6.07, 6.45) is 0.778. The number of methoxy groups -OCH3 is 1. The van der Waals surface area contributed by atoms with Crippen LogP contribution in [0.15, 0.2) is 30.3 Å². The van der Waals surface area contributed by atoms with Gasteiger partial charge >= 0.3 is 5.97 Å². The van der Waals surface area contributed by atoms with E-state index < -0.39 is 6.04 Å². The Morgan fingerprint density at radius 3 is 2.78 bits per heavy atom. The van der Waals surface area contributed by atoms with Crippen molar-refractivity contribution in [3.8, 4) is 0 Å². The molecule has 0 bridgehead atoms. The molecule has 2 rings (SSSR count). The Hall–Kier alpha value is -1.68. The standard InChI is InChI=1S/C14H17NO3/c1-18-14(17)13-9-12(16)7-8-15(13)10-11-5-3-2-4-6-11/h2-6,13H,7-10H2,1H3/t13-/m1/s1. The molecule has 1 atom stereocenters. The molecule has 0 unspecified atom stereocenters. The van der Waals surface area contributed by atoms with E-state index in [-0.39, 0.29) is 18.2 Å². The minimum Gasteiger partial charge on any atom is -0.468 e. The van der Waals surface area contributed by atoms with Gasteiger partial charge in [-0.25, -0.2) is 0 Å². The molecule has 18 heavy (non-hydrogen) atoms. The first kappa shape index (κ1) is 12.8. The van der Waals surface area contributed by atoms with Crippen molar-refractivity contribution >= 4 is 11.8 Å². The fraction of sp³-hybridized carbons (Fsp3) is 0.429. The topological polar surface area (TPSA) is 46.6 Å². The highest BCUT2D eigenvalue weighted by Crippen LogP contribution is 2.18. The van der Waals surface area contributed by atoms with E-state index in [0.717, 1.165) is 5.56 Å². The molecule has 0 spiro atoms. The summed E-state index contributed by atoms with van der Waals surface area (Å²) < 4.78 is 4.77. The van der Waals surface area contributed by atoms with Crippen LogP contribution in [0, 0.1) is 0 Å². The zero-order valence-electron chi connectivity index (χ0n) is 10.5. The summed E-state index contributed by atoms with van der Waals surface area (Å²) in [6, 6.07) is 9.50. The van der Waals surface area contributed by atoms with Crippen molar-refractivity contribution in [1.82, 2.24) is 4.90 Å². The van der Waals surface area contributed by atoms with Crippen LogP contribution in [0.1, 0.15) is 18.4 Å². The molecule has 0 amide bonds. The van der Waals surface area contributed by atoms with Gasteiger partial charge in [0.1, 0.15) is 11.8 Å². The van der Waals surface area contributed by atoms with Gasteiger partial charge in [-0.2, -0.15) is 0 Å². The van der Waals surface area contributed by atoms with Crippen LogP contribution in [0.4, 0.5) is 0 Å². The molecule has 1 aromatic rings. The Morgan fingerprint density at radius 2 is 2.11 bits per heavy atom. The number of esters is 1. The summed E-state index contributed by atoms with van der Waals surface area (Å²) in [6.45, 7) is 1.29. The summed E-state index contributed by atoms with van der Waals surface area (Å²) in [5.74, 6) is -0.186. The molecule has 4 heteroatoms. The van der Waals surface area contributed by atoms with Crippen LogP contribution in [0.2, 0.25) is 0 Å². The minimum atomic E-state index is -0.434. The number of ketones is 1. The van der Waals surface area contributed by atoms with Gasteiger partial charge in [-0.15, -0.1) is 0 Å². The largest absolute Gasteiger partial charge is 0.468 e. The summed E-state index contributed by atoms with van der Waals surface area (Å²) in [4.78, 5) is 25.2. The monoisotopic (exact) mass is 247 g/mol. The number of nitrogens with zero attached hydrogens (tertiary/aromatic N) is 1. The zero-order chi connectivity index (χ0) is 13.0. The van der Waals surface area contributed by atoms with Crippen molar-refractivity contribution in [3.05, 3.63) is 35.9 Å². The number of benzene rings is 1. The Labute approximate surface area is 107 Å². The maximum atomic E-state index is 11.7. The molecule has 1 heterocycles. The lowest BCUT2D eigenvalue weighted by atomic mass is 10.00. The highest BCUT2D eigenvalue weighted by Gasteiger charge is 2.33.